The third kappa shape index (κ3) is 2.01. The number of benzene rings is 1. The highest BCUT2D eigenvalue weighted by Crippen LogP contribution is 2.37. The van der Waals surface area contributed by atoms with Gasteiger partial charge in [0.15, 0.2) is 5.58 Å². The molecule has 0 aliphatic heterocycles. The van der Waals surface area contributed by atoms with Crippen molar-refractivity contribution in [3.8, 4) is 11.3 Å². The minimum atomic E-state index is -0.357. The molecule has 102 valence electrons. The second kappa shape index (κ2) is 4.96. The van der Waals surface area contributed by atoms with Crippen LogP contribution in [0, 0.1) is 6.92 Å². The van der Waals surface area contributed by atoms with E-state index in [1.807, 2.05) is 30.5 Å². The molecule has 1 aromatic carbocycles. The van der Waals surface area contributed by atoms with Gasteiger partial charge in [0.2, 0.25) is 0 Å². The summed E-state index contributed by atoms with van der Waals surface area (Å²) >= 11 is 7.47. The van der Waals surface area contributed by atoms with Gasteiger partial charge in [0.05, 0.1) is 12.1 Å². The number of fused-ring (bicyclic) bond motifs is 1. The molecule has 3 nitrogen and oxygen atoms in total. The van der Waals surface area contributed by atoms with Crippen molar-refractivity contribution in [2.45, 2.75) is 6.92 Å². The van der Waals surface area contributed by atoms with Crippen LogP contribution in [0.3, 0.4) is 0 Å². The number of methoxy groups -OCH3 is 1. The molecule has 0 aliphatic carbocycles. The predicted octanol–water partition coefficient (Wildman–Crippen LogP) is 4.91. The first-order valence-electron chi connectivity index (χ1n) is 5.96. The predicted molar refractivity (Wildman–Crippen MR) is 80.6 cm³/mol. The van der Waals surface area contributed by atoms with Gasteiger partial charge in [-0.15, -0.1) is 11.3 Å². The molecule has 0 bridgehead atoms. The molecule has 2 aromatic heterocycles. The molecule has 0 amide bonds. The summed E-state index contributed by atoms with van der Waals surface area (Å²) in [5, 5.41) is 3.38. The molecule has 0 unspecified atom stereocenters. The molecule has 0 saturated heterocycles. The van der Waals surface area contributed by atoms with Gasteiger partial charge < -0.3 is 9.15 Å². The highest BCUT2D eigenvalue weighted by atomic mass is 35.5. The molecule has 20 heavy (non-hydrogen) atoms. The lowest BCUT2D eigenvalue weighted by Gasteiger charge is -2.00. The van der Waals surface area contributed by atoms with E-state index in [9.17, 15) is 4.79 Å². The molecular formula is C15H11ClO3S. The molecule has 3 aromatic rings. The molecule has 0 radical (unpaired) electrons. The first kappa shape index (κ1) is 13.2. The Labute approximate surface area is 124 Å². The van der Waals surface area contributed by atoms with Crippen molar-refractivity contribution in [3.05, 3.63) is 45.1 Å². The van der Waals surface area contributed by atoms with Crippen LogP contribution in [0.2, 0.25) is 5.02 Å². The lowest BCUT2D eigenvalue weighted by molar-refractivity contribution is 0.0607. The summed E-state index contributed by atoms with van der Waals surface area (Å²) in [7, 11) is 1.37. The fraction of sp³-hybridized carbons (Fsp3) is 0.133. The maximum Gasteiger partial charge on any atom is 0.348 e. The number of hydrogen-bond donors (Lipinski definition) is 0. The molecule has 0 N–H and O–H groups in total. The minimum absolute atomic E-state index is 0.357. The number of esters is 1. The minimum Gasteiger partial charge on any atom is -0.465 e. The summed E-state index contributed by atoms with van der Waals surface area (Å²) in [4.78, 5) is 12.4. The highest BCUT2D eigenvalue weighted by Gasteiger charge is 2.21. The van der Waals surface area contributed by atoms with Crippen LogP contribution in [0.25, 0.3) is 22.3 Å². The first-order chi connectivity index (χ1) is 9.61. The second-order valence-corrected chi connectivity index (χ2v) is 5.67. The van der Waals surface area contributed by atoms with E-state index < -0.39 is 0 Å². The third-order valence-corrected chi connectivity index (χ3v) is 4.46. The number of halogens is 1. The van der Waals surface area contributed by atoms with Gasteiger partial charge in [-0.25, -0.2) is 4.79 Å². The zero-order chi connectivity index (χ0) is 14.3. The van der Waals surface area contributed by atoms with Gasteiger partial charge in [0, 0.05) is 10.9 Å². The fourth-order valence-electron chi connectivity index (χ4n) is 2.14. The van der Waals surface area contributed by atoms with E-state index in [0.717, 1.165) is 16.5 Å². The second-order valence-electron chi connectivity index (χ2n) is 4.38. The van der Waals surface area contributed by atoms with E-state index in [2.05, 4.69) is 0 Å². The van der Waals surface area contributed by atoms with E-state index in [-0.39, 0.29) is 5.97 Å². The SMILES string of the molecule is COC(=O)c1scc(C)c1-c1cc2cccc(Cl)c2o1. The van der Waals surface area contributed by atoms with Crippen LogP contribution in [0.5, 0.6) is 0 Å². The number of rotatable bonds is 2. The maximum atomic E-state index is 11.8. The summed E-state index contributed by atoms with van der Waals surface area (Å²) in [5.41, 5.74) is 2.38. The molecule has 0 aliphatic rings. The zero-order valence-corrected chi connectivity index (χ0v) is 12.5. The molecule has 0 spiro atoms. The number of para-hydroxylation sites is 1. The van der Waals surface area contributed by atoms with Crippen molar-refractivity contribution in [3.63, 3.8) is 0 Å². The maximum absolute atomic E-state index is 11.8. The smallest absolute Gasteiger partial charge is 0.348 e. The van der Waals surface area contributed by atoms with Gasteiger partial charge in [0.1, 0.15) is 10.6 Å². The number of furan rings is 1. The molecule has 0 fully saturated rings. The van der Waals surface area contributed by atoms with Crippen LogP contribution in [0.1, 0.15) is 15.2 Å². The summed E-state index contributed by atoms with van der Waals surface area (Å²) in [5.74, 6) is 0.275. The standard InChI is InChI=1S/C15H11ClO3S/c1-8-7-20-14(15(17)18-2)12(8)11-6-9-4-3-5-10(16)13(9)19-11/h3-7H,1-2H3. The molecule has 2 heterocycles. The molecule has 0 saturated carbocycles. The number of carbonyl (C=O) groups is 1. The van der Waals surface area contributed by atoms with Crippen molar-refractivity contribution >= 4 is 39.9 Å². The first-order valence-corrected chi connectivity index (χ1v) is 7.22. The third-order valence-electron chi connectivity index (χ3n) is 3.09. The monoisotopic (exact) mass is 306 g/mol. The van der Waals surface area contributed by atoms with E-state index in [4.69, 9.17) is 20.8 Å². The van der Waals surface area contributed by atoms with Crippen LogP contribution in [-0.4, -0.2) is 13.1 Å². The van der Waals surface area contributed by atoms with E-state index in [1.54, 1.807) is 6.07 Å². The summed E-state index contributed by atoms with van der Waals surface area (Å²) < 4.78 is 10.6. The Balaban J connectivity index is 2.23. The topological polar surface area (TPSA) is 39.4 Å². The van der Waals surface area contributed by atoms with E-state index in [1.165, 1.54) is 18.4 Å². The zero-order valence-electron chi connectivity index (χ0n) is 10.9. The van der Waals surface area contributed by atoms with Crippen molar-refractivity contribution in [1.29, 1.82) is 0 Å². The lowest BCUT2D eigenvalue weighted by Crippen LogP contribution is -1.99. The Bertz CT molecular complexity index is 801. The van der Waals surface area contributed by atoms with Crippen LogP contribution in [0.4, 0.5) is 0 Å². The number of hydrogen-bond acceptors (Lipinski definition) is 4. The molecule has 5 heteroatoms. The van der Waals surface area contributed by atoms with E-state index >= 15 is 0 Å². The fourth-order valence-corrected chi connectivity index (χ4v) is 3.34. The average Bonchev–Trinajstić information content (AvgIpc) is 3.02. The normalized spacial score (nSPS) is 10.9. The number of carbonyl (C=O) groups excluding carboxylic acids is 1. The Kier molecular flexibility index (Phi) is 3.28. The average molecular weight is 307 g/mol. The lowest BCUT2D eigenvalue weighted by atomic mass is 10.1. The molecular weight excluding hydrogens is 296 g/mol. The largest absolute Gasteiger partial charge is 0.465 e. The number of aryl methyl sites for hydroxylation is 1. The van der Waals surface area contributed by atoms with Crippen molar-refractivity contribution in [1.82, 2.24) is 0 Å². The Morgan fingerprint density at radius 2 is 2.20 bits per heavy atom. The Morgan fingerprint density at radius 3 is 2.90 bits per heavy atom. The van der Waals surface area contributed by atoms with Crippen LogP contribution >= 0.6 is 22.9 Å². The van der Waals surface area contributed by atoms with Crippen LogP contribution < -0.4 is 0 Å². The van der Waals surface area contributed by atoms with Gasteiger partial charge in [-0.2, -0.15) is 0 Å². The molecule has 3 rings (SSSR count). The highest BCUT2D eigenvalue weighted by molar-refractivity contribution is 7.12. The Hall–Kier alpha value is -1.78. The van der Waals surface area contributed by atoms with Gasteiger partial charge >= 0.3 is 5.97 Å². The van der Waals surface area contributed by atoms with Crippen molar-refractivity contribution in [2.24, 2.45) is 0 Å². The van der Waals surface area contributed by atoms with Gasteiger partial charge in [-0.05, 0) is 30.0 Å². The number of ether oxygens (including phenoxy) is 1. The Morgan fingerprint density at radius 1 is 1.40 bits per heavy atom. The van der Waals surface area contributed by atoms with E-state index in [0.29, 0.717) is 21.2 Å². The van der Waals surface area contributed by atoms with Crippen LogP contribution in [0.15, 0.2) is 34.1 Å². The summed E-state index contributed by atoms with van der Waals surface area (Å²) in [6, 6.07) is 7.46. The van der Waals surface area contributed by atoms with Crippen molar-refractivity contribution < 1.29 is 13.9 Å². The van der Waals surface area contributed by atoms with Gasteiger partial charge in [0.25, 0.3) is 0 Å². The number of thiophene rings is 1. The van der Waals surface area contributed by atoms with Gasteiger partial charge in [-0.1, -0.05) is 23.7 Å². The van der Waals surface area contributed by atoms with Gasteiger partial charge in [-0.3, -0.25) is 0 Å². The van der Waals surface area contributed by atoms with Crippen LogP contribution in [-0.2, 0) is 4.74 Å². The quantitative estimate of drug-likeness (QED) is 0.631. The molecule has 0 atom stereocenters. The van der Waals surface area contributed by atoms with Crippen molar-refractivity contribution in [2.75, 3.05) is 7.11 Å². The summed E-state index contributed by atoms with van der Waals surface area (Å²) in [6.07, 6.45) is 0. The summed E-state index contributed by atoms with van der Waals surface area (Å²) in [6.45, 7) is 1.94.